The summed E-state index contributed by atoms with van der Waals surface area (Å²) < 4.78 is 40.7. The highest BCUT2D eigenvalue weighted by molar-refractivity contribution is 7.89. The van der Waals surface area contributed by atoms with Crippen LogP contribution >= 0.6 is 0 Å². The Morgan fingerprint density at radius 2 is 1.71 bits per heavy atom. The maximum absolute atomic E-state index is 12.8. The number of rotatable bonds is 8. The van der Waals surface area contributed by atoms with Gasteiger partial charge in [-0.15, -0.1) is 0 Å². The molecule has 0 bridgehead atoms. The van der Waals surface area contributed by atoms with E-state index in [0.717, 1.165) is 22.4 Å². The number of hydrogen-bond acceptors (Lipinski definition) is 6. The summed E-state index contributed by atoms with van der Waals surface area (Å²) in [4.78, 5) is 8.89. The lowest BCUT2D eigenvalue weighted by molar-refractivity contribution is 0.354. The van der Waals surface area contributed by atoms with E-state index in [2.05, 4.69) is 9.71 Å². The molecule has 0 fully saturated rings. The van der Waals surface area contributed by atoms with Crippen LogP contribution in [0.5, 0.6) is 11.5 Å². The van der Waals surface area contributed by atoms with Gasteiger partial charge in [0.15, 0.2) is 11.5 Å². The summed E-state index contributed by atoms with van der Waals surface area (Å²) in [7, 11) is -0.766. The number of pyridine rings is 1. The Morgan fingerprint density at radius 1 is 0.968 bits per heavy atom. The third kappa shape index (κ3) is 4.23. The van der Waals surface area contributed by atoms with Gasteiger partial charge in [0, 0.05) is 37.1 Å². The fraction of sp³-hybridized carbons (Fsp3) is 0.182. The average molecular weight is 439 g/mol. The first-order valence-electron chi connectivity index (χ1n) is 9.61. The summed E-state index contributed by atoms with van der Waals surface area (Å²) in [6, 6.07) is 16.0. The molecule has 0 aliphatic carbocycles. The molecule has 8 nitrogen and oxygen atoms in total. The van der Waals surface area contributed by atoms with E-state index < -0.39 is 10.0 Å². The molecule has 1 N–H and O–H groups in total. The Kier molecular flexibility index (Phi) is 5.88. The number of hydrogen-bond donors (Lipinski definition) is 1. The summed E-state index contributed by atoms with van der Waals surface area (Å²) in [5, 5.41) is 0. The molecule has 4 rings (SSSR count). The van der Waals surface area contributed by atoms with Gasteiger partial charge < -0.3 is 14.0 Å². The summed E-state index contributed by atoms with van der Waals surface area (Å²) in [6.07, 6.45) is 3.41. The smallest absolute Gasteiger partial charge is 0.240 e. The zero-order valence-corrected chi connectivity index (χ0v) is 18.0. The van der Waals surface area contributed by atoms with Crippen molar-refractivity contribution in [3.05, 3.63) is 67.0 Å². The van der Waals surface area contributed by atoms with E-state index in [4.69, 9.17) is 14.5 Å². The Bertz CT molecular complexity index is 1300. The van der Waals surface area contributed by atoms with Gasteiger partial charge in [-0.2, -0.15) is 0 Å². The van der Waals surface area contributed by atoms with Crippen LogP contribution in [0.4, 0.5) is 0 Å². The minimum Gasteiger partial charge on any atom is -0.493 e. The van der Waals surface area contributed by atoms with Gasteiger partial charge in [-0.3, -0.25) is 4.98 Å². The quantitative estimate of drug-likeness (QED) is 0.454. The lowest BCUT2D eigenvalue weighted by Gasteiger charge is -2.12. The molecule has 0 radical (unpaired) electrons. The molecular formula is C22H22N4O4S. The van der Waals surface area contributed by atoms with Crippen molar-refractivity contribution >= 4 is 21.1 Å². The number of benzene rings is 2. The van der Waals surface area contributed by atoms with Crippen LogP contribution < -0.4 is 14.2 Å². The molecule has 0 saturated heterocycles. The molecule has 31 heavy (non-hydrogen) atoms. The second kappa shape index (κ2) is 8.75. The largest absolute Gasteiger partial charge is 0.493 e. The van der Waals surface area contributed by atoms with E-state index in [-0.39, 0.29) is 11.4 Å². The Morgan fingerprint density at radius 3 is 2.45 bits per heavy atom. The second-order valence-corrected chi connectivity index (χ2v) is 8.49. The van der Waals surface area contributed by atoms with Crippen molar-refractivity contribution in [2.24, 2.45) is 0 Å². The van der Waals surface area contributed by atoms with E-state index in [1.165, 1.54) is 26.4 Å². The molecule has 2 aromatic carbocycles. The van der Waals surface area contributed by atoms with Crippen LogP contribution in [0.15, 0.2) is 71.9 Å². The zero-order valence-electron chi connectivity index (χ0n) is 17.1. The molecule has 0 saturated carbocycles. The van der Waals surface area contributed by atoms with E-state index in [0.29, 0.717) is 18.0 Å². The lowest BCUT2D eigenvalue weighted by atomic mass is 10.2. The Balaban J connectivity index is 1.59. The van der Waals surface area contributed by atoms with Gasteiger partial charge in [0.05, 0.1) is 30.1 Å². The molecule has 0 amide bonds. The van der Waals surface area contributed by atoms with Crippen molar-refractivity contribution in [3.8, 4) is 22.9 Å². The topological polar surface area (TPSA) is 95.3 Å². The number of nitrogens with one attached hydrogen (secondary N) is 1. The first-order chi connectivity index (χ1) is 15.0. The molecule has 4 aromatic rings. The summed E-state index contributed by atoms with van der Waals surface area (Å²) in [5.74, 6) is 1.58. The van der Waals surface area contributed by atoms with Gasteiger partial charge in [-0.25, -0.2) is 18.1 Å². The fourth-order valence-corrected chi connectivity index (χ4v) is 4.42. The monoisotopic (exact) mass is 438 g/mol. The number of sulfonamides is 1. The maximum Gasteiger partial charge on any atom is 0.240 e. The molecule has 0 aliphatic heterocycles. The number of aromatic nitrogens is 3. The van der Waals surface area contributed by atoms with Crippen LogP contribution in [0.25, 0.3) is 22.4 Å². The SMILES string of the molecule is COc1ccc(S(=O)(=O)NCCn2c(-c3ccncc3)nc3ccccc32)cc1OC. The minimum atomic E-state index is -3.73. The van der Waals surface area contributed by atoms with Gasteiger partial charge in [0.1, 0.15) is 5.82 Å². The van der Waals surface area contributed by atoms with Crippen molar-refractivity contribution < 1.29 is 17.9 Å². The van der Waals surface area contributed by atoms with Crippen molar-refractivity contribution in [1.29, 1.82) is 0 Å². The molecule has 0 aliphatic rings. The van der Waals surface area contributed by atoms with Crippen molar-refractivity contribution in [1.82, 2.24) is 19.3 Å². The third-order valence-corrected chi connectivity index (χ3v) is 6.34. The highest BCUT2D eigenvalue weighted by atomic mass is 32.2. The highest BCUT2D eigenvalue weighted by Gasteiger charge is 2.18. The van der Waals surface area contributed by atoms with Crippen molar-refractivity contribution in [2.45, 2.75) is 11.4 Å². The molecule has 0 unspecified atom stereocenters. The van der Waals surface area contributed by atoms with E-state index >= 15 is 0 Å². The van der Waals surface area contributed by atoms with Gasteiger partial charge >= 0.3 is 0 Å². The first-order valence-corrected chi connectivity index (χ1v) is 11.1. The molecule has 0 spiro atoms. The molecular weight excluding hydrogens is 416 g/mol. The lowest BCUT2D eigenvalue weighted by Crippen LogP contribution is -2.27. The van der Waals surface area contributed by atoms with Gasteiger partial charge in [-0.05, 0) is 36.4 Å². The van der Waals surface area contributed by atoms with E-state index in [1.54, 1.807) is 18.5 Å². The molecule has 160 valence electrons. The van der Waals surface area contributed by atoms with Crippen molar-refractivity contribution in [2.75, 3.05) is 20.8 Å². The highest BCUT2D eigenvalue weighted by Crippen LogP contribution is 2.29. The van der Waals surface area contributed by atoms with Gasteiger partial charge in [0.25, 0.3) is 0 Å². The number of nitrogens with zero attached hydrogens (tertiary/aromatic N) is 3. The second-order valence-electron chi connectivity index (χ2n) is 6.73. The normalized spacial score (nSPS) is 11.5. The standard InChI is InChI=1S/C22H22N4O4S/c1-29-20-8-7-17(15-21(20)30-2)31(27,28)24-13-14-26-19-6-4-3-5-18(19)25-22(26)16-9-11-23-12-10-16/h3-12,15,24H,13-14H2,1-2H3. The fourth-order valence-electron chi connectivity index (χ4n) is 3.38. The minimum absolute atomic E-state index is 0.106. The summed E-state index contributed by atoms with van der Waals surface area (Å²) >= 11 is 0. The van der Waals surface area contributed by atoms with Gasteiger partial charge in [-0.1, -0.05) is 12.1 Å². The molecule has 0 atom stereocenters. The van der Waals surface area contributed by atoms with Crippen LogP contribution in [0.2, 0.25) is 0 Å². The van der Waals surface area contributed by atoms with Crippen LogP contribution in [0.3, 0.4) is 0 Å². The predicted molar refractivity (Wildman–Crippen MR) is 118 cm³/mol. The zero-order chi connectivity index (χ0) is 21.8. The molecule has 9 heteroatoms. The third-order valence-electron chi connectivity index (χ3n) is 4.89. The van der Waals surface area contributed by atoms with Crippen LogP contribution in [-0.4, -0.2) is 43.7 Å². The predicted octanol–water partition coefficient (Wildman–Crippen LogP) is 3.09. The van der Waals surface area contributed by atoms with Crippen LogP contribution in [0.1, 0.15) is 0 Å². The maximum atomic E-state index is 12.8. The van der Waals surface area contributed by atoms with Crippen molar-refractivity contribution in [3.63, 3.8) is 0 Å². The van der Waals surface area contributed by atoms with E-state index in [9.17, 15) is 8.42 Å². The number of methoxy groups -OCH3 is 2. The number of imidazole rings is 1. The Hall–Kier alpha value is -3.43. The summed E-state index contributed by atoms with van der Waals surface area (Å²) in [5.41, 5.74) is 2.69. The van der Waals surface area contributed by atoms with Gasteiger partial charge in [0.2, 0.25) is 10.0 Å². The van der Waals surface area contributed by atoms with Crippen LogP contribution in [-0.2, 0) is 16.6 Å². The van der Waals surface area contributed by atoms with Crippen LogP contribution in [0, 0.1) is 0 Å². The molecule has 2 aromatic heterocycles. The average Bonchev–Trinajstić information content (AvgIpc) is 3.17. The summed E-state index contributed by atoms with van der Waals surface area (Å²) in [6.45, 7) is 0.597. The molecule has 2 heterocycles. The number of para-hydroxylation sites is 2. The van der Waals surface area contributed by atoms with E-state index in [1.807, 2.05) is 41.0 Å². The number of fused-ring (bicyclic) bond motifs is 1. The Labute approximate surface area is 180 Å². The number of ether oxygens (including phenoxy) is 2. The first kappa shape index (κ1) is 20.8.